The van der Waals surface area contributed by atoms with Crippen LogP contribution in [0.5, 0.6) is 0 Å². The lowest BCUT2D eigenvalue weighted by molar-refractivity contribution is 0.0744. The molecule has 0 radical (unpaired) electrons. The predicted molar refractivity (Wildman–Crippen MR) is 61.3 cm³/mol. The molecule has 1 aliphatic rings. The summed E-state index contributed by atoms with van der Waals surface area (Å²) in [4.78, 5) is 13.6. The number of hydrogen-bond acceptors (Lipinski definition) is 3. The molecule has 0 saturated carbocycles. The highest BCUT2D eigenvalue weighted by Gasteiger charge is 2.19. The van der Waals surface area contributed by atoms with E-state index in [0.29, 0.717) is 11.8 Å². The Bertz CT molecular complexity index is 329. The average molecular weight is 222 g/mol. The minimum Gasteiger partial charge on any atom is -0.459 e. The summed E-state index contributed by atoms with van der Waals surface area (Å²) in [6.07, 6.45) is 5.17. The van der Waals surface area contributed by atoms with E-state index in [1.165, 1.54) is 19.1 Å². The molecule has 16 heavy (non-hydrogen) atoms. The molecule has 0 aromatic carbocycles. The van der Waals surface area contributed by atoms with Gasteiger partial charge < -0.3 is 14.6 Å². The van der Waals surface area contributed by atoms with Crippen molar-refractivity contribution >= 4 is 5.91 Å². The second-order valence-electron chi connectivity index (χ2n) is 4.31. The summed E-state index contributed by atoms with van der Waals surface area (Å²) in [6, 6.07) is 3.87. The summed E-state index contributed by atoms with van der Waals surface area (Å²) in [5.41, 5.74) is 0. The molecule has 0 spiro atoms. The fourth-order valence-corrected chi connectivity index (χ4v) is 2.08. The number of carbonyl (C=O) groups is 1. The van der Waals surface area contributed by atoms with Gasteiger partial charge in [0.15, 0.2) is 5.76 Å². The van der Waals surface area contributed by atoms with E-state index in [-0.39, 0.29) is 5.91 Å². The van der Waals surface area contributed by atoms with Gasteiger partial charge in [-0.05, 0) is 31.5 Å². The average Bonchev–Trinajstić information content (AvgIpc) is 2.83. The van der Waals surface area contributed by atoms with Gasteiger partial charge in [0.25, 0.3) is 5.91 Å². The van der Waals surface area contributed by atoms with E-state index in [4.69, 9.17) is 4.42 Å². The monoisotopic (exact) mass is 222 g/mol. The summed E-state index contributed by atoms with van der Waals surface area (Å²) in [5.74, 6) is 0.371. The number of piperidine rings is 1. The Balaban J connectivity index is 1.87. The van der Waals surface area contributed by atoms with Crippen LogP contribution < -0.4 is 5.32 Å². The lowest BCUT2D eigenvalue weighted by Crippen LogP contribution is -2.44. The molecule has 1 aromatic heterocycles. The SMILES string of the molecule is CN(CC1CCCCN1)C(=O)c1ccco1. The van der Waals surface area contributed by atoms with Crippen molar-refractivity contribution in [3.63, 3.8) is 0 Å². The first-order valence-electron chi connectivity index (χ1n) is 5.80. The van der Waals surface area contributed by atoms with Crippen LogP contribution in [0.15, 0.2) is 22.8 Å². The molecule has 1 aliphatic heterocycles. The smallest absolute Gasteiger partial charge is 0.289 e. The third-order valence-corrected chi connectivity index (χ3v) is 2.99. The number of furan rings is 1. The van der Waals surface area contributed by atoms with Crippen molar-refractivity contribution in [2.24, 2.45) is 0 Å². The van der Waals surface area contributed by atoms with Crippen molar-refractivity contribution in [1.29, 1.82) is 0 Å². The maximum Gasteiger partial charge on any atom is 0.289 e. The van der Waals surface area contributed by atoms with Crippen LogP contribution >= 0.6 is 0 Å². The summed E-state index contributed by atoms with van der Waals surface area (Å²) in [6.45, 7) is 1.81. The van der Waals surface area contributed by atoms with E-state index in [0.717, 1.165) is 19.5 Å². The number of nitrogens with one attached hydrogen (secondary N) is 1. The molecule has 88 valence electrons. The summed E-state index contributed by atoms with van der Waals surface area (Å²) in [7, 11) is 1.82. The third kappa shape index (κ3) is 2.64. The zero-order valence-electron chi connectivity index (χ0n) is 9.61. The van der Waals surface area contributed by atoms with Crippen LogP contribution in [0.2, 0.25) is 0 Å². The minimum absolute atomic E-state index is 0.0441. The molecule has 0 aliphatic carbocycles. The number of likely N-dealkylation sites (N-methyl/N-ethyl adjacent to an activating group) is 1. The van der Waals surface area contributed by atoms with Crippen LogP contribution in [-0.4, -0.2) is 37.0 Å². The second-order valence-corrected chi connectivity index (χ2v) is 4.31. The van der Waals surface area contributed by atoms with E-state index >= 15 is 0 Å². The number of nitrogens with zero attached hydrogens (tertiary/aromatic N) is 1. The molecule has 1 N–H and O–H groups in total. The Labute approximate surface area is 95.6 Å². The van der Waals surface area contributed by atoms with Crippen molar-refractivity contribution in [2.45, 2.75) is 25.3 Å². The van der Waals surface area contributed by atoms with Crippen molar-refractivity contribution in [3.05, 3.63) is 24.2 Å². The van der Waals surface area contributed by atoms with Gasteiger partial charge in [0.1, 0.15) is 0 Å². The predicted octanol–water partition coefficient (Wildman–Crippen LogP) is 1.49. The van der Waals surface area contributed by atoms with Crippen LogP contribution in [-0.2, 0) is 0 Å². The molecule has 1 aromatic rings. The van der Waals surface area contributed by atoms with Gasteiger partial charge >= 0.3 is 0 Å². The van der Waals surface area contributed by atoms with Gasteiger partial charge in [0.05, 0.1) is 6.26 Å². The van der Waals surface area contributed by atoms with E-state index in [9.17, 15) is 4.79 Å². The maximum atomic E-state index is 11.9. The number of rotatable bonds is 3. The van der Waals surface area contributed by atoms with Gasteiger partial charge in [-0.25, -0.2) is 0 Å². The Morgan fingerprint density at radius 1 is 1.62 bits per heavy atom. The summed E-state index contributed by atoms with van der Waals surface area (Å²) in [5, 5.41) is 3.43. The van der Waals surface area contributed by atoms with Crippen LogP contribution in [0, 0.1) is 0 Å². The lowest BCUT2D eigenvalue weighted by Gasteiger charge is -2.27. The van der Waals surface area contributed by atoms with Gasteiger partial charge in [-0.2, -0.15) is 0 Å². The zero-order valence-corrected chi connectivity index (χ0v) is 9.61. The van der Waals surface area contributed by atoms with Crippen molar-refractivity contribution < 1.29 is 9.21 Å². The van der Waals surface area contributed by atoms with E-state index in [2.05, 4.69) is 5.32 Å². The van der Waals surface area contributed by atoms with Crippen LogP contribution in [0.4, 0.5) is 0 Å². The lowest BCUT2D eigenvalue weighted by atomic mass is 10.0. The topological polar surface area (TPSA) is 45.5 Å². The Morgan fingerprint density at radius 3 is 3.12 bits per heavy atom. The highest BCUT2D eigenvalue weighted by molar-refractivity contribution is 5.91. The zero-order chi connectivity index (χ0) is 11.4. The van der Waals surface area contributed by atoms with Crippen LogP contribution in [0.25, 0.3) is 0 Å². The molecule has 1 saturated heterocycles. The van der Waals surface area contributed by atoms with Gasteiger partial charge in [0.2, 0.25) is 0 Å². The summed E-state index contributed by atoms with van der Waals surface area (Å²) >= 11 is 0. The van der Waals surface area contributed by atoms with Crippen LogP contribution in [0.3, 0.4) is 0 Å². The molecule has 4 nitrogen and oxygen atoms in total. The normalized spacial score (nSPS) is 20.7. The quantitative estimate of drug-likeness (QED) is 0.842. The maximum absolute atomic E-state index is 11.9. The van der Waals surface area contributed by atoms with Gasteiger partial charge in [-0.1, -0.05) is 6.42 Å². The molecule has 2 rings (SSSR count). The van der Waals surface area contributed by atoms with Crippen molar-refractivity contribution in [3.8, 4) is 0 Å². The van der Waals surface area contributed by atoms with Gasteiger partial charge in [-0.3, -0.25) is 4.79 Å². The second kappa shape index (κ2) is 5.16. The molecule has 0 bridgehead atoms. The Kier molecular flexibility index (Phi) is 3.62. The number of hydrogen-bond donors (Lipinski definition) is 1. The molecule has 1 amide bonds. The highest BCUT2D eigenvalue weighted by atomic mass is 16.3. The fraction of sp³-hybridized carbons (Fsp3) is 0.583. The Morgan fingerprint density at radius 2 is 2.50 bits per heavy atom. The highest BCUT2D eigenvalue weighted by Crippen LogP contribution is 2.10. The molecule has 4 heteroatoms. The Hall–Kier alpha value is -1.29. The van der Waals surface area contributed by atoms with Crippen molar-refractivity contribution in [2.75, 3.05) is 20.1 Å². The van der Waals surface area contributed by atoms with E-state index in [1.54, 1.807) is 17.0 Å². The van der Waals surface area contributed by atoms with E-state index in [1.807, 2.05) is 7.05 Å². The largest absolute Gasteiger partial charge is 0.459 e. The molecule has 1 unspecified atom stereocenters. The summed E-state index contributed by atoms with van der Waals surface area (Å²) < 4.78 is 5.09. The van der Waals surface area contributed by atoms with Crippen LogP contribution in [0.1, 0.15) is 29.8 Å². The van der Waals surface area contributed by atoms with Gasteiger partial charge in [-0.15, -0.1) is 0 Å². The molecular formula is C12H18N2O2. The molecule has 1 fully saturated rings. The minimum atomic E-state index is -0.0441. The molecular weight excluding hydrogens is 204 g/mol. The first-order chi connectivity index (χ1) is 7.77. The van der Waals surface area contributed by atoms with E-state index < -0.39 is 0 Å². The molecule has 2 heterocycles. The number of carbonyl (C=O) groups excluding carboxylic acids is 1. The van der Waals surface area contributed by atoms with Gasteiger partial charge in [0, 0.05) is 19.6 Å². The first-order valence-corrected chi connectivity index (χ1v) is 5.80. The third-order valence-electron chi connectivity index (χ3n) is 2.99. The van der Waals surface area contributed by atoms with Crippen molar-refractivity contribution in [1.82, 2.24) is 10.2 Å². The number of amides is 1. The standard InChI is InChI=1S/C12H18N2O2/c1-14(9-10-5-2-3-7-13-10)12(15)11-6-4-8-16-11/h4,6,8,10,13H,2-3,5,7,9H2,1H3. The fourth-order valence-electron chi connectivity index (χ4n) is 2.08. The molecule has 1 atom stereocenters. The first kappa shape index (κ1) is 11.2.